The topological polar surface area (TPSA) is 64.1 Å². The van der Waals surface area contributed by atoms with Gasteiger partial charge in [-0.25, -0.2) is 9.40 Å². The Morgan fingerprint density at radius 1 is 1.15 bits per heavy atom. The van der Waals surface area contributed by atoms with E-state index in [0.29, 0.717) is 13.1 Å². The highest BCUT2D eigenvalue weighted by Gasteiger charge is 2.27. The van der Waals surface area contributed by atoms with Crippen molar-refractivity contribution in [1.82, 2.24) is 10.0 Å². The molecule has 2 aromatic rings. The Balaban J connectivity index is 1.75. The number of amides is 1. The highest BCUT2D eigenvalue weighted by atomic mass is 35.5. The highest BCUT2D eigenvalue weighted by Crippen LogP contribution is 2.25. The summed E-state index contributed by atoms with van der Waals surface area (Å²) in [7, 11) is 1.63. The van der Waals surface area contributed by atoms with Gasteiger partial charge < -0.3 is 10.0 Å². The first kappa shape index (κ1) is 19.1. The van der Waals surface area contributed by atoms with Gasteiger partial charge in [0.05, 0.1) is 12.2 Å². The van der Waals surface area contributed by atoms with Crippen LogP contribution in [0.3, 0.4) is 0 Å². The number of anilines is 1. The summed E-state index contributed by atoms with van der Waals surface area (Å²) in [5.74, 6) is -2.15. The molecule has 1 amide bonds. The number of hydrazine groups is 1. The summed E-state index contributed by atoms with van der Waals surface area (Å²) in [6.45, 7) is 0.371. The van der Waals surface area contributed by atoms with Crippen LogP contribution in [0.4, 0.5) is 10.1 Å². The number of aliphatic carboxylic acids is 1. The van der Waals surface area contributed by atoms with Crippen molar-refractivity contribution >= 4 is 29.2 Å². The summed E-state index contributed by atoms with van der Waals surface area (Å²) in [6.07, 6.45) is 0. The van der Waals surface area contributed by atoms with Crippen molar-refractivity contribution in [3.05, 3.63) is 64.4 Å². The molecule has 3 rings (SSSR count). The van der Waals surface area contributed by atoms with E-state index < -0.39 is 18.3 Å². The van der Waals surface area contributed by atoms with Gasteiger partial charge in [-0.1, -0.05) is 35.9 Å². The number of hydrogen-bond acceptors (Lipinski definition) is 4. The Labute approximate surface area is 161 Å². The van der Waals surface area contributed by atoms with Crippen molar-refractivity contribution in [2.24, 2.45) is 0 Å². The molecule has 1 aliphatic heterocycles. The van der Waals surface area contributed by atoms with Gasteiger partial charge in [0.1, 0.15) is 12.4 Å². The zero-order chi connectivity index (χ0) is 19.6. The molecular formula is C19H19ClFN3O3. The van der Waals surface area contributed by atoms with Crippen molar-refractivity contribution in [2.45, 2.75) is 13.1 Å². The number of likely N-dealkylation sites (N-methyl/N-ethyl adjacent to an activating group) is 1. The van der Waals surface area contributed by atoms with E-state index in [1.54, 1.807) is 7.05 Å². The van der Waals surface area contributed by atoms with Crippen LogP contribution in [0.2, 0.25) is 5.02 Å². The van der Waals surface area contributed by atoms with E-state index in [1.807, 2.05) is 29.3 Å². The van der Waals surface area contributed by atoms with E-state index in [9.17, 15) is 14.0 Å². The quantitative estimate of drug-likeness (QED) is 0.820. The third-order valence-electron chi connectivity index (χ3n) is 4.51. The monoisotopic (exact) mass is 391 g/mol. The van der Waals surface area contributed by atoms with Gasteiger partial charge in [-0.3, -0.25) is 14.6 Å². The lowest BCUT2D eigenvalue weighted by molar-refractivity contribution is -0.145. The van der Waals surface area contributed by atoms with E-state index in [0.717, 1.165) is 17.2 Å². The van der Waals surface area contributed by atoms with Gasteiger partial charge in [0, 0.05) is 25.2 Å². The minimum absolute atomic E-state index is 0.0173. The van der Waals surface area contributed by atoms with Gasteiger partial charge >= 0.3 is 5.97 Å². The summed E-state index contributed by atoms with van der Waals surface area (Å²) >= 11 is 5.91. The summed E-state index contributed by atoms with van der Waals surface area (Å²) in [5, 5.41) is 12.7. The number of carbonyl (C=O) groups is 2. The van der Waals surface area contributed by atoms with Gasteiger partial charge in [-0.2, -0.15) is 0 Å². The van der Waals surface area contributed by atoms with Gasteiger partial charge in [0.15, 0.2) is 0 Å². The van der Waals surface area contributed by atoms with Crippen LogP contribution in [0.25, 0.3) is 0 Å². The molecule has 0 unspecified atom stereocenters. The van der Waals surface area contributed by atoms with Crippen molar-refractivity contribution in [2.75, 3.05) is 25.0 Å². The zero-order valence-electron chi connectivity index (χ0n) is 14.7. The molecule has 0 saturated carbocycles. The third-order valence-corrected chi connectivity index (χ3v) is 4.75. The van der Waals surface area contributed by atoms with Gasteiger partial charge in [-0.15, -0.1) is 0 Å². The van der Waals surface area contributed by atoms with Crippen molar-refractivity contribution < 1.29 is 19.1 Å². The fourth-order valence-corrected chi connectivity index (χ4v) is 3.23. The zero-order valence-corrected chi connectivity index (χ0v) is 15.5. The summed E-state index contributed by atoms with van der Waals surface area (Å²) in [4.78, 5) is 25.1. The average molecular weight is 392 g/mol. The van der Waals surface area contributed by atoms with Crippen LogP contribution in [0.15, 0.2) is 42.5 Å². The number of benzene rings is 2. The number of halogens is 2. The SMILES string of the molecule is CN(C(=O)CN(CC(=O)O)c1cc(Cl)ccc1F)N1Cc2ccccc2C1. The maximum atomic E-state index is 14.2. The van der Waals surface area contributed by atoms with Gasteiger partial charge in [0.25, 0.3) is 5.91 Å². The van der Waals surface area contributed by atoms with Crippen LogP contribution < -0.4 is 4.90 Å². The fraction of sp³-hybridized carbons (Fsp3) is 0.263. The molecule has 142 valence electrons. The molecule has 0 fully saturated rings. The third kappa shape index (κ3) is 4.37. The minimum atomic E-state index is -1.17. The number of carbonyl (C=O) groups excluding carboxylic acids is 1. The molecule has 1 N–H and O–H groups in total. The van der Waals surface area contributed by atoms with E-state index in [1.165, 1.54) is 22.0 Å². The predicted molar refractivity (Wildman–Crippen MR) is 99.7 cm³/mol. The standard InChI is InChI=1S/C19H19ClFN3O3/c1-22(24-9-13-4-2-3-5-14(13)10-24)18(25)11-23(12-19(26)27)17-8-15(20)6-7-16(17)21/h2-8H,9-12H2,1H3,(H,26,27). The Bertz CT molecular complexity index is 852. The number of fused-ring (bicyclic) bond motifs is 1. The highest BCUT2D eigenvalue weighted by molar-refractivity contribution is 6.30. The molecule has 0 bridgehead atoms. The van der Waals surface area contributed by atoms with Crippen molar-refractivity contribution in [3.8, 4) is 0 Å². The van der Waals surface area contributed by atoms with E-state index in [-0.39, 0.29) is 23.2 Å². The van der Waals surface area contributed by atoms with Crippen LogP contribution in [0, 0.1) is 5.82 Å². The van der Waals surface area contributed by atoms with Crippen LogP contribution in [0.1, 0.15) is 11.1 Å². The Morgan fingerprint density at radius 2 is 1.78 bits per heavy atom. The van der Waals surface area contributed by atoms with E-state index >= 15 is 0 Å². The molecule has 2 aromatic carbocycles. The number of carboxylic acid groups (broad SMARTS) is 1. The van der Waals surface area contributed by atoms with E-state index in [4.69, 9.17) is 16.7 Å². The molecule has 6 nitrogen and oxygen atoms in total. The first-order valence-electron chi connectivity index (χ1n) is 8.35. The molecule has 0 radical (unpaired) electrons. The molecule has 1 aliphatic rings. The maximum Gasteiger partial charge on any atom is 0.323 e. The molecule has 0 saturated heterocycles. The Kier molecular flexibility index (Phi) is 5.62. The molecular weight excluding hydrogens is 373 g/mol. The molecule has 8 heteroatoms. The van der Waals surface area contributed by atoms with Crippen LogP contribution in [0.5, 0.6) is 0 Å². The van der Waals surface area contributed by atoms with Crippen molar-refractivity contribution in [1.29, 1.82) is 0 Å². The lowest BCUT2D eigenvalue weighted by Gasteiger charge is -2.31. The maximum absolute atomic E-state index is 14.2. The second kappa shape index (κ2) is 7.94. The normalized spacial score (nSPS) is 13.3. The fourth-order valence-electron chi connectivity index (χ4n) is 3.07. The Hall–Kier alpha value is -2.64. The van der Waals surface area contributed by atoms with Gasteiger partial charge in [0.2, 0.25) is 0 Å². The van der Waals surface area contributed by atoms with Crippen LogP contribution >= 0.6 is 11.6 Å². The molecule has 0 aromatic heterocycles. The number of hydrogen-bond donors (Lipinski definition) is 1. The Morgan fingerprint density at radius 3 is 2.37 bits per heavy atom. The number of rotatable bonds is 6. The molecule has 27 heavy (non-hydrogen) atoms. The second-order valence-electron chi connectivity index (χ2n) is 6.35. The molecule has 0 aliphatic carbocycles. The van der Waals surface area contributed by atoms with Gasteiger partial charge in [-0.05, 0) is 29.3 Å². The summed E-state index contributed by atoms with van der Waals surface area (Å²) in [5.41, 5.74) is 2.26. The van der Waals surface area contributed by atoms with Crippen molar-refractivity contribution in [3.63, 3.8) is 0 Å². The molecule has 0 spiro atoms. The second-order valence-corrected chi connectivity index (χ2v) is 6.79. The molecule has 1 heterocycles. The largest absolute Gasteiger partial charge is 0.480 e. The summed E-state index contributed by atoms with van der Waals surface area (Å²) < 4.78 is 14.2. The first-order valence-corrected chi connectivity index (χ1v) is 8.73. The van der Waals surface area contributed by atoms with Crippen LogP contribution in [-0.2, 0) is 22.7 Å². The summed E-state index contributed by atoms with van der Waals surface area (Å²) in [6, 6.07) is 11.7. The van der Waals surface area contributed by atoms with Crippen LogP contribution in [-0.4, -0.2) is 47.1 Å². The number of nitrogens with zero attached hydrogens (tertiary/aromatic N) is 3. The minimum Gasteiger partial charge on any atom is -0.480 e. The lowest BCUT2D eigenvalue weighted by Crippen LogP contribution is -2.47. The lowest BCUT2D eigenvalue weighted by atomic mass is 10.1. The smallest absolute Gasteiger partial charge is 0.323 e. The van der Waals surface area contributed by atoms with E-state index in [2.05, 4.69) is 0 Å². The number of carboxylic acids is 1. The predicted octanol–water partition coefficient (Wildman–Crippen LogP) is 2.76. The molecule has 0 atom stereocenters. The first-order chi connectivity index (χ1) is 12.8. The average Bonchev–Trinajstić information content (AvgIpc) is 3.06.